The largest absolute Gasteiger partial charge is 0.382 e. The zero-order chi connectivity index (χ0) is 53.2. The summed E-state index contributed by atoms with van der Waals surface area (Å²) in [6, 6.07) is 15.7. The van der Waals surface area contributed by atoms with E-state index >= 15 is 0 Å². The zero-order valence-electron chi connectivity index (χ0n) is 45.4. The Kier molecular flexibility index (Phi) is 30.0. The van der Waals surface area contributed by atoms with Gasteiger partial charge in [0.15, 0.2) is 0 Å². The summed E-state index contributed by atoms with van der Waals surface area (Å²) >= 11 is 0. The highest BCUT2D eigenvalue weighted by Gasteiger charge is 2.17. The van der Waals surface area contributed by atoms with Crippen LogP contribution in [0.5, 0.6) is 0 Å². The first-order chi connectivity index (χ1) is 34.1. The molecule has 0 aliphatic rings. The van der Waals surface area contributed by atoms with Gasteiger partial charge in [-0.2, -0.15) is 10.2 Å². The summed E-state index contributed by atoms with van der Waals surface area (Å²) in [6.07, 6.45) is 13.1. The van der Waals surface area contributed by atoms with Crippen LogP contribution in [0.2, 0.25) is 0 Å². The summed E-state index contributed by atoms with van der Waals surface area (Å²) in [4.78, 5) is 11.1. The standard InChI is InChI=1S/C27H34F2N4.C21H21F2N3.C7H17N.2C2H6.CH4/c1-6-9-21(10-7-2)31-19(5)25-17-30-33-14-13-20(15-26(25)33)23(8-3)24-12-11-22(16-27(28)29)32-18(24)4;1-5-17(18-7-6-16(11-21(22)23)25-14(18)4)15-8-9-26-20(10-15)19(12-24-26)13(2)3;1-4-6-8(3)7-5-2;2*1-2;/h8,11-15,17,21,27,31H,5-7,9-10,16H2,1-4H3;5-10,12,21H,2,11H2,1,3-4H3;4-7H2,1-3H3;2*1-2H3;1H4/b23-8-;17-5-;;;;. The number of fused-ring (bicyclic) bond motifs is 2. The van der Waals surface area contributed by atoms with Crippen LogP contribution in [0.3, 0.4) is 0 Å². The van der Waals surface area contributed by atoms with Gasteiger partial charge in [0.05, 0.1) is 36.3 Å². The molecule has 0 atom stereocenters. The molecule has 6 aromatic rings. The molecule has 6 aromatic heterocycles. The maximum Gasteiger partial charge on any atom is 0.244 e. The number of hydrogen-bond donors (Lipinski definition) is 1. The molecule has 6 heterocycles. The van der Waals surface area contributed by atoms with E-state index in [9.17, 15) is 17.6 Å². The van der Waals surface area contributed by atoms with Crippen molar-refractivity contribution in [1.82, 2.24) is 39.4 Å². The van der Waals surface area contributed by atoms with Crippen LogP contribution in [-0.2, 0) is 12.8 Å². The van der Waals surface area contributed by atoms with Crippen LogP contribution in [0.15, 0.2) is 98.6 Å². The van der Waals surface area contributed by atoms with Crippen LogP contribution in [0.4, 0.5) is 17.6 Å². The lowest BCUT2D eigenvalue weighted by Crippen LogP contribution is -2.27. The van der Waals surface area contributed by atoms with E-state index in [0.29, 0.717) is 17.4 Å². The topological polar surface area (TPSA) is 75.6 Å². The Labute approximate surface area is 431 Å². The van der Waals surface area contributed by atoms with Crippen molar-refractivity contribution in [2.75, 3.05) is 20.1 Å². The van der Waals surface area contributed by atoms with E-state index in [1.807, 2.05) is 133 Å². The van der Waals surface area contributed by atoms with Crippen LogP contribution in [-0.4, -0.2) is 73.1 Å². The first-order valence-corrected chi connectivity index (χ1v) is 25.7. The molecule has 0 radical (unpaired) electrons. The highest BCUT2D eigenvalue weighted by atomic mass is 19.3. The number of allylic oxidation sites excluding steroid dienone is 3. The molecule has 8 nitrogen and oxygen atoms in total. The van der Waals surface area contributed by atoms with Crippen molar-refractivity contribution in [3.8, 4) is 0 Å². The van der Waals surface area contributed by atoms with Gasteiger partial charge < -0.3 is 10.2 Å². The van der Waals surface area contributed by atoms with E-state index in [2.05, 4.69) is 90.4 Å². The molecular weight excluding hydrogens is 909 g/mol. The molecule has 0 unspecified atom stereocenters. The molecule has 0 aliphatic heterocycles. The Balaban J connectivity index is 0.000000592. The Hall–Kier alpha value is -5.88. The van der Waals surface area contributed by atoms with Crippen molar-refractivity contribution in [1.29, 1.82) is 0 Å². The minimum absolute atomic E-state index is 0. The predicted molar refractivity (Wildman–Crippen MR) is 301 cm³/mol. The van der Waals surface area contributed by atoms with Gasteiger partial charge in [0.2, 0.25) is 12.9 Å². The Morgan fingerprint density at radius 1 is 0.639 bits per heavy atom. The molecule has 396 valence electrons. The monoisotopic (exact) mass is 997 g/mol. The SMILES string of the molecule is C.C=C(C)c1cnn2ccc(/C(=C/C)c3ccc(CC(F)F)nc3C)cc12.C=C(NC(CCC)CCC)c1cnn2ccc(/C(=C/C)c3ccc(CC(F)F)nc3C)cc12.CC.CC.CCCN(C)CCC. The average molecular weight is 997 g/mol. The molecule has 0 amide bonds. The zero-order valence-corrected chi connectivity index (χ0v) is 45.4. The van der Waals surface area contributed by atoms with Crippen molar-refractivity contribution in [2.45, 2.75) is 168 Å². The van der Waals surface area contributed by atoms with Crippen LogP contribution in [0.25, 0.3) is 33.4 Å². The molecule has 0 fully saturated rings. The molecule has 0 aliphatic carbocycles. The summed E-state index contributed by atoms with van der Waals surface area (Å²) < 4.78 is 54.4. The Morgan fingerprint density at radius 3 is 1.39 bits per heavy atom. The highest BCUT2D eigenvalue weighted by Crippen LogP contribution is 2.31. The second-order valence-corrected chi connectivity index (χ2v) is 17.1. The number of alkyl halides is 4. The molecule has 12 heteroatoms. The first kappa shape index (κ1) is 64.1. The van der Waals surface area contributed by atoms with Gasteiger partial charge in [-0.1, -0.05) is 113 Å². The number of aryl methyl sites for hydroxylation is 2. The number of rotatable bonds is 20. The molecule has 0 aromatic carbocycles. The third kappa shape index (κ3) is 18.9. The fraction of sp³-hybridized carbons (Fsp3) is 0.467. The van der Waals surface area contributed by atoms with Gasteiger partial charge in [0, 0.05) is 69.2 Å². The van der Waals surface area contributed by atoms with E-state index in [1.54, 1.807) is 12.1 Å². The van der Waals surface area contributed by atoms with Gasteiger partial charge in [0.25, 0.3) is 0 Å². The van der Waals surface area contributed by atoms with Gasteiger partial charge in [-0.15, -0.1) is 0 Å². The molecule has 6 rings (SSSR count). The fourth-order valence-corrected chi connectivity index (χ4v) is 8.34. The Bertz CT molecular complexity index is 2590. The number of nitrogens with zero attached hydrogens (tertiary/aromatic N) is 7. The van der Waals surface area contributed by atoms with E-state index in [-0.39, 0.29) is 20.3 Å². The average Bonchev–Trinajstić information content (AvgIpc) is 3.97. The van der Waals surface area contributed by atoms with Crippen LogP contribution in [0, 0.1) is 13.8 Å². The van der Waals surface area contributed by atoms with E-state index in [0.717, 1.165) is 104 Å². The van der Waals surface area contributed by atoms with Crippen LogP contribution in [0.1, 0.15) is 178 Å². The summed E-state index contributed by atoms with van der Waals surface area (Å²) in [7, 11) is 2.17. The highest BCUT2D eigenvalue weighted by molar-refractivity contribution is 5.86. The van der Waals surface area contributed by atoms with Gasteiger partial charge in [-0.3, -0.25) is 9.97 Å². The molecule has 1 N–H and O–H groups in total. The maximum absolute atomic E-state index is 12.8. The lowest BCUT2D eigenvalue weighted by Gasteiger charge is -2.20. The molecule has 0 spiro atoms. The summed E-state index contributed by atoms with van der Waals surface area (Å²) in [5, 5.41) is 12.5. The van der Waals surface area contributed by atoms with Crippen molar-refractivity contribution in [3.63, 3.8) is 0 Å². The summed E-state index contributed by atoms with van der Waals surface area (Å²) in [6.45, 7) is 37.2. The van der Waals surface area contributed by atoms with Gasteiger partial charge in [-0.25, -0.2) is 26.6 Å². The minimum Gasteiger partial charge on any atom is -0.382 e. The molecule has 0 saturated carbocycles. The fourth-order valence-electron chi connectivity index (χ4n) is 8.34. The number of pyridine rings is 4. The second kappa shape index (κ2) is 33.7. The van der Waals surface area contributed by atoms with Gasteiger partial charge >= 0.3 is 0 Å². The molecule has 72 heavy (non-hydrogen) atoms. The number of nitrogens with one attached hydrogen (secondary N) is 1. The van der Waals surface area contributed by atoms with Crippen LogP contribution < -0.4 is 5.32 Å². The van der Waals surface area contributed by atoms with E-state index in [4.69, 9.17) is 0 Å². The van der Waals surface area contributed by atoms with Crippen molar-refractivity contribution >= 4 is 33.4 Å². The number of aromatic nitrogens is 6. The van der Waals surface area contributed by atoms with Gasteiger partial charge in [-0.05, 0) is 145 Å². The van der Waals surface area contributed by atoms with Crippen molar-refractivity contribution in [2.24, 2.45) is 0 Å². The first-order valence-electron chi connectivity index (χ1n) is 25.7. The third-order valence-electron chi connectivity index (χ3n) is 11.5. The molecule has 0 saturated heterocycles. The van der Waals surface area contributed by atoms with Crippen LogP contribution >= 0.6 is 0 Å². The third-order valence-corrected chi connectivity index (χ3v) is 11.5. The van der Waals surface area contributed by atoms with E-state index in [1.165, 1.54) is 25.9 Å². The van der Waals surface area contributed by atoms with Gasteiger partial charge in [0.1, 0.15) is 0 Å². The number of hydrogen-bond acceptors (Lipinski definition) is 6. The smallest absolute Gasteiger partial charge is 0.244 e. The maximum atomic E-state index is 12.8. The van der Waals surface area contributed by atoms with Crippen molar-refractivity contribution in [3.05, 3.63) is 155 Å². The lowest BCUT2D eigenvalue weighted by atomic mass is 9.96. The normalized spacial score (nSPS) is 11.3. The molecule has 0 bridgehead atoms. The summed E-state index contributed by atoms with van der Waals surface area (Å²) in [5.41, 5.74) is 14.0. The predicted octanol–water partition coefficient (Wildman–Crippen LogP) is 16.6. The quantitative estimate of drug-likeness (QED) is 0.0768. The Morgan fingerprint density at radius 2 is 1.04 bits per heavy atom. The number of halogens is 4. The minimum atomic E-state index is -2.40. The molecular formula is C60H88F4N8. The van der Waals surface area contributed by atoms with Crippen molar-refractivity contribution < 1.29 is 17.6 Å². The lowest BCUT2D eigenvalue weighted by molar-refractivity contribution is 0.147. The second-order valence-electron chi connectivity index (χ2n) is 17.1. The van der Waals surface area contributed by atoms with E-state index < -0.39 is 12.9 Å². The summed E-state index contributed by atoms with van der Waals surface area (Å²) in [5.74, 6) is 0.